The van der Waals surface area contributed by atoms with Crippen LogP contribution in [0.15, 0.2) is 108 Å². The van der Waals surface area contributed by atoms with Gasteiger partial charge in [-0.05, 0) is 87.1 Å². The molecular weight excluding hydrogens is 562 g/mol. The van der Waals surface area contributed by atoms with Crippen LogP contribution in [0.25, 0.3) is 0 Å². The Morgan fingerprint density at radius 2 is 1.54 bits per heavy atom. The summed E-state index contributed by atoms with van der Waals surface area (Å²) in [5.41, 5.74) is 16.5. The maximum absolute atomic E-state index is 6.73. The number of para-hydroxylation sites is 2. The highest BCUT2D eigenvalue weighted by Gasteiger charge is 2.44. The maximum Gasteiger partial charge on any atom is 0.243 e. The van der Waals surface area contributed by atoms with E-state index in [1.165, 1.54) is 33.8 Å². The van der Waals surface area contributed by atoms with Gasteiger partial charge in [-0.3, -0.25) is 0 Å². The van der Waals surface area contributed by atoms with Crippen molar-refractivity contribution < 1.29 is 9.31 Å². The number of nitrogens with zero attached hydrogens (tertiary/aromatic N) is 2. The van der Waals surface area contributed by atoms with Crippen LogP contribution in [-0.4, -0.2) is 23.4 Å². The van der Waals surface area contributed by atoms with Crippen molar-refractivity contribution in [3.05, 3.63) is 119 Å². The van der Waals surface area contributed by atoms with Crippen molar-refractivity contribution >= 4 is 22.8 Å². The molecule has 2 aliphatic heterocycles. The number of benzene rings is 3. The van der Waals surface area contributed by atoms with Crippen LogP contribution in [0, 0.1) is 11.8 Å². The van der Waals surface area contributed by atoms with E-state index in [0.29, 0.717) is 0 Å². The highest BCUT2D eigenvalue weighted by atomic mass is 16.5. The minimum absolute atomic E-state index is 0.0930. The number of nitrogen functional groups attached to an aromatic ring is 1. The summed E-state index contributed by atoms with van der Waals surface area (Å²) >= 11 is 0. The molecule has 0 spiro atoms. The van der Waals surface area contributed by atoms with Crippen LogP contribution in [0.2, 0.25) is 0 Å². The van der Waals surface area contributed by atoms with Crippen LogP contribution in [0.1, 0.15) is 84.8 Å². The molecule has 0 fully saturated rings. The molecule has 1 aliphatic carbocycles. The lowest BCUT2D eigenvalue weighted by Gasteiger charge is -2.27. The average Bonchev–Trinajstić information content (AvgIpc) is 3.39. The predicted molar refractivity (Wildman–Crippen MR) is 193 cm³/mol. The molecular formula is C42H48N3O+. The number of ether oxygens (including phenoxy) is 1. The lowest BCUT2D eigenvalue weighted by Crippen LogP contribution is -2.28. The second-order valence-corrected chi connectivity index (χ2v) is 13.8. The van der Waals surface area contributed by atoms with Crippen LogP contribution in [0.4, 0.5) is 17.1 Å². The predicted octanol–water partition coefficient (Wildman–Crippen LogP) is 9.59. The molecule has 3 aromatic rings. The molecule has 6 rings (SSSR count). The fourth-order valence-electron chi connectivity index (χ4n) is 7.36. The molecule has 0 bridgehead atoms. The molecule has 0 aromatic heterocycles. The van der Waals surface area contributed by atoms with Crippen molar-refractivity contribution in [1.29, 1.82) is 0 Å². The number of allylic oxidation sites excluding steroid dienone is 5. The third-order valence-corrected chi connectivity index (χ3v) is 9.74. The Kier molecular flexibility index (Phi) is 8.71. The van der Waals surface area contributed by atoms with Crippen LogP contribution in [0.3, 0.4) is 0 Å². The number of nitrogens with two attached hydrogens (primary N) is 1. The van der Waals surface area contributed by atoms with Gasteiger partial charge in [0.2, 0.25) is 11.4 Å². The van der Waals surface area contributed by atoms with E-state index in [-0.39, 0.29) is 10.8 Å². The Morgan fingerprint density at radius 1 is 0.826 bits per heavy atom. The Labute approximate surface area is 276 Å². The van der Waals surface area contributed by atoms with Crippen LogP contribution < -0.4 is 15.4 Å². The molecule has 4 nitrogen and oxygen atoms in total. The molecule has 0 unspecified atom stereocenters. The van der Waals surface area contributed by atoms with Crippen molar-refractivity contribution in [2.24, 2.45) is 0 Å². The molecule has 2 heterocycles. The van der Waals surface area contributed by atoms with Crippen LogP contribution in [0.5, 0.6) is 5.75 Å². The maximum atomic E-state index is 6.73. The van der Waals surface area contributed by atoms with E-state index in [2.05, 4.69) is 124 Å². The molecule has 3 aliphatic rings. The fourth-order valence-corrected chi connectivity index (χ4v) is 7.36. The normalized spacial score (nSPS) is 19.7. The summed E-state index contributed by atoms with van der Waals surface area (Å²) in [4.78, 5) is 2.50. The zero-order chi connectivity index (χ0) is 32.5. The molecule has 0 atom stereocenters. The molecule has 0 amide bonds. The molecule has 46 heavy (non-hydrogen) atoms. The lowest BCUT2D eigenvalue weighted by molar-refractivity contribution is -0.437. The first-order chi connectivity index (χ1) is 22.2. The Hall–Kier alpha value is -4.49. The van der Waals surface area contributed by atoms with E-state index >= 15 is 0 Å². The fraction of sp³-hybridized carbons (Fsp3) is 0.357. The van der Waals surface area contributed by atoms with Gasteiger partial charge in [-0.1, -0.05) is 76.1 Å². The summed E-state index contributed by atoms with van der Waals surface area (Å²) in [5, 5.41) is 0. The van der Waals surface area contributed by atoms with Gasteiger partial charge in [0.1, 0.15) is 18.1 Å². The minimum Gasteiger partial charge on any atom is -0.456 e. The summed E-state index contributed by atoms with van der Waals surface area (Å²) in [6.07, 6.45) is 9.63. The third-order valence-electron chi connectivity index (χ3n) is 9.74. The van der Waals surface area contributed by atoms with E-state index in [1.54, 1.807) is 0 Å². The number of hydrogen-bond acceptors (Lipinski definition) is 3. The van der Waals surface area contributed by atoms with E-state index in [4.69, 9.17) is 10.5 Å². The van der Waals surface area contributed by atoms with Crippen LogP contribution >= 0.6 is 0 Å². The van der Waals surface area contributed by atoms with Crippen molar-refractivity contribution in [2.75, 3.05) is 23.7 Å². The van der Waals surface area contributed by atoms with E-state index in [9.17, 15) is 0 Å². The van der Waals surface area contributed by atoms with Gasteiger partial charge in [-0.15, -0.1) is 0 Å². The van der Waals surface area contributed by atoms with E-state index < -0.39 is 0 Å². The molecule has 236 valence electrons. The van der Waals surface area contributed by atoms with Gasteiger partial charge in [-0.25, -0.2) is 0 Å². The molecule has 2 N–H and O–H groups in total. The summed E-state index contributed by atoms with van der Waals surface area (Å²) in [7, 11) is 0. The van der Waals surface area contributed by atoms with Gasteiger partial charge in [0.05, 0.1) is 5.41 Å². The van der Waals surface area contributed by atoms with Gasteiger partial charge >= 0.3 is 0 Å². The van der Waals surface area contributed by atoms with Crippen molar-refractivity contribution in [3.63, 3.8) is 0 Å². The topological polar surface area (TPSA) is 41.5 Å². The number of rotatable bonds is 7. The molecule has 4 heteroatoms. The zero-order valence-corrected chi connectivity index (χ0v) is 28.4. The van der Waals surface area contributed by atoms with Gasteiger partial charge < -0.3 is 15.4 Å². The Morgan fingerprint density at radius 3 is 2.28 bits per heavy atom. The summed E-state index contributed by atoms with van der Waals surface area (Å²) in [6, 6.07) is 25.3. The number of fused-ring (bicyclic) bond motifs is 2. The number of anilines is 2. The lowest BCUT2D eigenvalue weighted by atomic mass is 9.81. The van der Waals surface area contributed by atoms with E-state index in [1.807, 2.05) is 24.3 Å². The Balaban J connectivity index is 1.46. The highest BCUT2D eigenvalue weighted by Crippen LogP contribution is 2.48. The largest absolute Gasteiger partial charge is 0.456 e. The van der Waals surface area contributed by atoms with Crippen molar-refractivity contribution in [3.8, 4) is 17.6 Å². The van der Waals surface area contributed by atoms with Gasteiger partial charge in [0, 0.05) is 58.6 Å². The van der Waals surface area contributed by atoms with Crippen molar-refractivity contribution in [1.82, 2.24) is 0 Å². The average molecular weight is 611 g/mol. The number of hydrogen-bond donors (Lipinski definition) is 1. The summed E-state index contributed by atoms with van der Waals surface area (Å²) < 4.78 is 9.16. The van der Waals surface area contributed by atoms with Gasteiger partial charge in [-0.2, -0.15) is 4.58 Å². The summed E-state index contributed by atoms with van der Waals surface area (Å²) in [5.74, 6) is 9.03. The molecule has 0 saturated heterocycles. The van der Waals surface area contributed by atoms with Crippen LogP contribution in [-0.2, 0) is 10.8 Å². The first-order valence-corrected chi connectivity index (χ1v) is 17.0. The second-order valence-electron chi connectivity index (χ2n) is 13.8. The first kappa shape index (κ1) is 31.5. The standard InChI is InChI=1S/C42H48N3O/c1-7-28-44-36-18-11-9-16-34(36)41(3,4)38(44)26-20-30-14-13-15-31(40(30)46-33-24-22-32(43)23-25-33)21-27-39-42(5,6)35-17-10-12-19-37(35)45(39)29-8-2/h9-12,16-20,22-26H,7-8,13-15,28-29,43H2,1-6H3/q+1. The smallest absolute Gasteiger partial charge is 0.243 e. The zero-order valence-electron chi connectivity index (χ0n) is 28.4. The SMILES string of the molecule is CCCN1/C(=C/C=C2\CCCC(C#CC3=[N+](CCC)c4ccccc4C3(C)C)=C2Oc2ccc(N)cc2)C(C)(C)c2ccccc21. The molecule has 0 saturated carbocycles. The van der Waals surface area contributed by atoms with Gasteiger partial charge in [0.25, 0.3) is 0 Å². The monoisotopic (exact) mass is 610 g/mol. The molecule has 0 radical (unpaired) electrons. The van der Waals surface area contributed by atoms with Crippen molar-refractivity contribution in [2.45, 2.75) is 84.5 Å². The minimum atomic E-state index is -0.166. The van der Waals surface area contributed by atoms with E-state index in [0.717, 1.165) is 73.7 Å². The quantitative estimate of drug-likeness (QED) is 0.165. The third kappa shape index (κ3) is 5.69. The second kappa shape index (κ2) is 12.7. The van der Waals surface area contributed by atoms with Gasteiger partial charge in [0.15, 0.2) is 0 Å². The highest BCUT2D eigenvalue weighted by molar-refractivity contribution is 6.07. The Bertz CT molecular complexity index is 1820. The molecule has 3 aromatic carbocycles. The first-order valence-electron chi connectivity index (χ1n) is 17.0. The summed E-state index contributed by atoms with van der Waals surface area (Å²) in [6.45, 7) is 15.7.